The highest BCUT2D eigenvalue weighted by molar-refractivity contribution is 5.94. The molecular weight excluding hydrogens is 250 g/mol. The van der Waals surface area contributed by atoms with Crippen LogP contribution in [0, 0.1) is 0 Å². The van der Waals surface area contributed by atoms with Crippen LogP contribution in [0.3, 0.4) is 0 Å². The van der Waals surface area contributed by atoms with Crippen LogP contribution in [0.1, 0.15) is 29.6 Å². The minimum Gasteiger partial charge on any atom is -0.378 e. The van der Waals surface area contributed by atoms with Gasteiger partial charge in [0.2, 0.25) is 0 Å². The smallest absolute Gasteiger partial charge is 0.251 e. The summed E-state index contributed by atoms with van der Waals surface area (Å²) >= 11 is 0. The van der Waals surface area contributed by atoms with Crippen molar-refractivity contribution >= 4 is 11.6 Å². The lowest BCUT2D eigenvalue weighted by atomic mass is 10.1. The topological polar surface area (TPSA) is 35.6 Å². The molecule has 1 atom stereocenters. The molecule has 0 bridgehead atoms. The van der Waals surface area contributed by atoms with Gasteiger partial charge >= 0.3 is 0 Å². The Morgan fingerprint density at radius 1 is 1.20 bits per heavy atom. The van der Waals surface area contributed by atoms with E-state index in [1.807, 2.05) is 43.3 Å². The van der Waals surface area contributed by atoms with Crippen LogP contribution in [-0.4, -0.2) is 50.1 Å². The number of hydrogen-bond donors (Lipinski definition) is 1. The Balaban J connectivity index is 1.56. The summed E-state index contributed by atoms with van der Waals surface area (Å²) < 4.78 is 0. The second kappa shape index (κ2) is 5.44. The third-order valence-electron chi connectivity index (χ3n) is 4.26. The molecule has 1 amide bonds. The van der Waals surface area contributed by atoms with Gasteiger partial charge in [-0.05, 0) is 43.5 Å². The molecule has 4 nitrogen and oxygen atoms in total. The molecule has 4 heteroatoms. The molecule has 3 rings (SSSR count). The molecule has 1 N–H and O–H groups in total. The van der Waals surface area contributed by atoms with E-state index in [0.29, 0.717) is 6.04 Å². The molecule has 2 fully saturated rings. The number of nitrogens with one attached hydrogen (secondary N) is 1. The minimum atomic E-state index is 0.0537. The van der Waals surface area contributed by atoms with E-state index >= 15 is 0 Å². The molecule has 1 aromatic rings. The minimum absolute atomic E-state index is 0.0537. The molecule has 108 valence electrons. The standard InChI is InChI=1S/C16H23N3O/c1-18(2)14-5-3-12(4-6-14)16(20)17-13-9-10-19(11-13)15-7-8-15/h3-6,13,15H,7-11H2,1-2H3,(H,17,20)/t13-/m0/s1. The van der Waals surface area contributed by atoms with E-state index in [1.165, 1.54) is 12.8 Å². The van der Waals surface area contributed by atoms with Gasteiger partial charge in [-0.1, -0.05) is 0 Å². The molecule has 0 unspecified atom stereocenters. The van der Waals surface area contributed by atoms with Crippen LogP contribution in [0.2, 0.25) is 0 Å². The predicted molar refractivity (Wildman–Crippen MR) is 81.2 cm³/mol. The first-order valence-electron chi connectivity index (χ1n) is 7.46. The van der Waals surface area contributed by atoms with Crippen molar-refractivity contribution in [1.82, 2.24) is 10.2 Å². The normalized spacial score (nSPS) is 22.8. The zero-order valence-electron chi connectivity index (χ0n) is 12.3. The quantitative estimate of drug-likeness (QED) is 0.907. The van der Waals surface area contributed by atoms with Crippen molar-refractivity contribution in [3.05, 3.63) is 29.8 Å². The molecule has 0 aromatic heterocycles. The molecule has 20 heavy (non-hydrogen) atoms. The Hall–Kier alpha value is -1.55. The van der Waals surface area contributed by atoms with E-state index in [4.69, 9.17) is 0 Å². The fourth-order valence-electron chi connectivity index (χ4n) is 2.86. The van der Waals surface area contributed by atoms with Gasteiger partial charge in [-0.15, -0.1) is 0 Å². The second-order valence-electron chi connectivity index (χ2n) is 6.13. The van der Waals surface area contributed by atoms with Crippen molar-refractivity contribution in [1.29, 1.82) is 0 Å². The van der Waals surface area contributed by atoms with Crippen molar-refractivity contribution in [3.63, 3.8) is 0 Å². The van der Waals surface area contributed by atoms with Crippen LogP contribution in [0.5, 0.6) is 0 Å². The summed E-state index contributed by atoms with van der Waals surface area (Å²) in [5.41, 5.74) is 1.86. The molecular formula is C16H23N3O. The molecule has 0 radical (unpaired) electrons. The lowest BCUT2D eigenvalue weighted by molar-refractivity contribution is 0.0937. The number of benzene rings is 1. The Morgan fingerprint density at radius 3 is 2.50 bits per heavy atom. The van der Waals surface area contributed by atoms with Gasteiger partial charge in [0, 0.05) is 50.5 Å². The summed E-state index contributed by atoms with van der Waals surface area (Å²) in [6.07, 6.45) is 3.76. The average Bonchev–Trinajstić information content (AvgIpc) is 3.20. The van der Waals surface area contributed by atoms with Gasteiger partial charge in [-0.25, -0.2) is 0 Å². The van der Waals surface area contributed by atoms with Gasteiger partial charge in [0.1, 0.15) is 0 Å². The molecule has 1 saturated heterocycles. The van der Waals surface area contributed by atoms with Crippen LogP contribution >= 0.6 is 0 Å². The zero-order chi connectivity index (χ0) is 14.1. The molecule has 1 heterocycles. The highest BCUT2D eigenvalue weighted by Crippen LogP contribution is 2.29. The van der Waals surface area contributed by atoms with E-state index in [9.17, 15) is 4.79 Å². The lowest BCUT2D eigenvalue weighted by Gasteiger charge is -2.16. The summed E-state index contributed by atoms with van der Waals surface area (Å²) in [4.78, 5) is 16.8. The monoisotopic (exact) mass is 273 g/mol. The summed E-state index contributed by atoms with van der Waals surface area (Å²) in [6, 6.07) is 8.89. The maximum Gasteiger partial charge on any atom is 0.251 e. The highest BCUT2D eigenvalue weighted by Gasteiger charge is 2.34. The highest BCUT2D eigenvalue weighted by atomic mass is 16.1. The van der Waals surface area contributed by atoms with Crippen LogP contribution < -0.4 is 10.2 Å². The van der Waals surface area contributed by atoms with Crippen molar-refractivity contribution in [3.8, 4) is 0 Å². The fourth-order valence-corrected chi connectivity index (χ4v) is 2.86. The summed E-state index contributed by atoms with van der Waals surface area (Å²) in [7, 11) is 4.00. The van der Waals surface area contributed by atoms with Crippen molar-refractivity contribution in [2.75, 3.05) is 32.1 Å². The number of nitrogens with zero attached hydrogens (tertiary/aromatic N) is 2. The molecule has 0 spiro atoms. The lowest BCUT2D eigenvalue weighted by Crippen LogP contribution is -2.37. The first-order valence-corrected chi connectivity index (χ1v) is 7.46. The maximum absolute atomic E-state index is 12.2. The van der Waals surface area contributed by atoms with E-state index in [2.05, 4.69) is 10.2 Å². The number of likely N-dealkylation sites (tertiary alicyclic amines) is 1. The predicted octanol–water partition coefficient (Wildman–Crippen LogP) is 1.72. The number of rotatable bonds is 4. The Bertz CT molecular complexity index is 479. The molecule has 2 aliphatic rings. The van der Waals surface area contributed by atoms with Gasteiger partial charge in [0.15, 0.2) is 0 Å². The van der Waals surface area contributed by atoms with E-state index < -0.39 is 0 Å². The van der Waals surface area contributed by atoms with Crippen LogP contribution in [-0.2, 0) is 0 Å². The fraction of sp³-hybridized carbons (Fsp3) is 0.562. The zero-order valence-corrected chi connectivity index (χ0v) is 12.3. The summed E-state index contributed by atoms with van der Waals surface area (Å²) in [5.74, 6) is 0.0537. The van der Waals surface area contributed by atoms with Crippen LogP contribution in [0.4, 0.5) is 5.69 Å². The van der Waals surface area contributed by atoms with Gasteiger partial charge < -0.3 is 10.2 Å². The summed E-state index contributed by atoms with van der Waals surface area (Å²) in [6.45, 7) is 2.15. The SMILES string of the molecule is CN(C)c1ccc(C(=O)N[C@H]2CCN(C3CC3)C2)cc1. The first-order chi connectivity index (χ1) is 9.63. The van der Waals surface area contributed by atoms with Crippen molar-refractivity contribution < 1.29 is 4.79 Å². The summed E-state index contributed by atoms with van der Waals surface area (Å²) in [5, 5.41) is 3.16. The van der Waals surface area contributed by atoms with Gasteiger partial charge in [-0.3, -0.25) is 9.69 Å². The Morgan fingerprint density at radius 2 is 1.90 bits per heavy atom. The van der Waals surface area contributed by atoms with Crippen molar-refractivity contribution in [2.24, 2.45) is 0 Å². The van der Waals surface area contributed by atoms with E-state index in [0.717, 1.165) is 36.8 Å². The molecule has 1 aliphatic heterocycles. The maximum atomic E-state index is 12.2. The third-order valence-corrected chi connectivity index (χ3v) is 4.26. The Kier molecular flexibility index (Phi) is 3.66. The number of hydrogen-bond acceptors (Lipinski definition) is 3. The van der Waals surface area contributed by atoms with E-state index in [1.54, 1.807) is 0 Å². The Labute approximate surface area is 120 Å². The van der Waals surface area contributed by atoms with Crippen molar-refractivity contribution in [2.45, 2.75) is 31.3 Å². The molecule has 1 saturated carbocycles. The molecule has 1 aliphatic carbocycles. The first kappa shape index (κ1) is 13.4. The number of anilines is 1. The van der Waals surface area contributed by atoms with Gasteiger partial charge in [0.05, 0.1) is 0 Å². The van der Waals surface area contributed by atoms with Crippen LogP contribution in [0.15, 0.2) is 24.3 Å². The van der Waals surface area contributed by atoms with Crippen LogP contribution in [0.25, 0.3) is 0 Å². The second-order valence-corrected chi connectivity index (χ2v) is 6.13. The number of carbonyl (C=O) groups is 1. The largest absolute Gasteiger partial charge is 0.378 e. The van der Waals surface area contributed by atoms with Gasteiger partial charge in [0.25, 0.3) is 5.91 Å². The number of carbonyl (C=O) groups excluding carboxylic acids is 1. The van der Waals surface area contributed by atoms with E-state index in [-0.39, 0.29) is 5.91 Å². The average molecular weight is 273 g/mol. The molecule has 1 aromatic carbocycles. The third kappa shape index (κ3) is 2.96. The number of amides is 1. The van der Waals surface area contributed by atoms with Gasteiger partial charge in [-0.2, -0.15) is 0 Å².